The zero-order valence-corrected chi connectivity index (χ0v) is 18.6. The number of aryl methyl sites for hydroxylation is 3. The Morgan fingerprint density at radius 1 is 0.935 bits per heavy atom. The number of hydrogen-bond donors (Lipinski definition) is 0. The molecule has 3 aromatic carbocycles. The average Bonchev–Trinajstić information content (AvgIpc) is 3.25. The smallest absolute Gasteiger partial charge is 0.260 e. The highest BCUT2D eigenvalue weighted by Crippen LogP contribution is 2.32. The predicted molar refractivity (Wildman–Crippen MR) is 129 cm³/mol. The minimum Gasteiger partial charge on any atom is -0.279 e. The van der Waals surface area contributed by atoms with E-state index in [1.165, 1.54) is 29.5 Å². The molecule has 0 radical (unpaired) electrons. The fourth-order valence-corrected chi connectivity index (χ4v) is 5.33. The summed E-state index contributed by atoms with van der Waals surface area (Å²) < 4.78 is 1.13. The molecule has 0 unspecified atom stereocenters. The van der Waals surface area contributed by atoms with E-state index in [1.807, 2.05) is 29.2 Å². The van der Waals surface area contributed by atoms with E-state index in [2.05, 4.69) is 49.4 Å². The first-order valence-corrected chi connectivity index (χ1v) is 11.9. The molecular weight excluding hydrogens is 400 g/mol. The fraction of sp³-hybridized carbons (Fsp3) is 0.259. The molecule has 1 aliphatic rings. The Kier molecular flexibility index (Phi) is 5.56. The first kappa shape index (κ1) is 20.0. The van der Waals surface area contributed by atoms with Gasteiger partial charge in [-0.3, -0.25) is 9.69 Å². The quantitative estimate of drug-likeness (QED) is 0.361. The van der Waals surface area contributed by atoms with Crippen molar-refractivity contribution < 1.29 is 4.79 Å². The van der Waals surface area contributed by atoms with Crippen molar-refractivity contribution in [3.8, 4) is 0 Å². The van der Waals surface area contributed by atoms with Crippen LogP contribution < -0.4 is 4.90 Å². The minimum atomic E-state index is 0.0204. The number of anilines is 1. The third-order valence-electron chi connectivity index (χ3n) is 6.10. The lowest BCUT2D eigenvalue weighted by Crippen LogP contribution is -2.30. The maximum Gasteiger partial charge on any atom is 0.260 e. The van der Waals surface area contributed by atoms with Gasteiger partial charge in [0.25, 0.3) is 5.91 Å². The Bertz CT molecular complexity index is 1230. The van der Waals surface area contributed by atoms with Gasteiger partial charge in [0.15, 0.2) is 5.13 Å². The number of carbonyl (C=O) groups is 1. The fourth-order valence-electron chi connectivity index (χ4n) is 4.31. The zero-order chi connectivity index (χ0) is 21.2. The molecule has 156 valence electrons. The van der Waals surface area contributed by atoms with Gasteiger partial charge in [0.05, 0.1) is 16.8 Å². The Balaban J connectivity index is 1.54. The molecule has 0 saturated heterocycles. The van der Waals surface area contributed by atoms with Crippen LogP contribution in [0.1, 0.15) is 52.4 Å². The van der Waals surface area contributed by atoms with Gasteiger partial charge in [0.1, 0.15) is 0 Å². The molecule has 0 N–H and O–H groups in total. The molecule has 0 atom stereocenters. The first-order chi connectivity index (χ1) is 15.2. The molecule has 5 rings (SSSR count). The maximum atomic E-state index is 13.7. The van der Waals surface area contributed by atoms with Gasteiger partial charge in [-0.05, 0) is 78.6 Å². The third-order valence-corrected chi connectivity index (χ3v) is 7.15. The second-order valence-electron chi connectivity index (χ2n) is 8.22. The molecule has 0 bridgehead atoms. The number of rotatable bonds is 5. The molecule has 1 amide bonds. The van der Waals surface area contributed by atoms with E-state index in [9.17, 15) is 4.79 Å². The highest BCUT2D eigenvalue weighted by Gasteiger charge is 2.23. The molecule has 4 aromatic rings. The van der Waals surface area contributed by atoms with Crippen molar-refractivity contribution in [3.63, 3.8) is 0 Å². The third kappa shape index (κ3) is 4.13. The largest absolute Gasteiger partial charge is 0.279 e. The van der Waals surface area contributed by atoms with Crippen LogP contribution in [0, 0.1) is 0 Å². The number of aromatic nitrogens is 1. The number of hydrogen-bond acceptors (Lipinski definition) is 3. The van der Waals surface area contributed by atoms with Crippen molar-refractivity contribution in [2.24, 2.45) is 0 Å². The molecule has 0 fully saturated rings. The van der Waals surface area contributed by atoms with Gasteiger partial charge in [0.2, 0.25) is 0 Å². The summed E-state index contributed by atoms with van der Waals surface area (Å²) in [7, 11) is 0. The van der Waals surface area contributed by atoms with Gasteiger partial charge < -0.3 is 0 Å². The van der Waals surface area contributed by atoms with E-state index in [0.29, 0.717) is 6.54 Å². The van der Waals surface area contributed by atoms with Crippen LogP contribution in [0.2, 0.25) is 0 Å². The molecule has 1 heterocycles. The van der Waals surface area contributed by atoms with Crippen molar-refractivity contribution in [1.82, 2.24) is 4.98 Å². The second-order valence-corrected chi connectivity index (χ2v) is 9.23. The van der Waals surface area contributed by atoms with E-state index in [-0.39, 0.29) is 5.91 Å². The number of benzene rings is 3. The Morgan fingerprint density at radius 2 is 1.74 bits per heavy atom. The summed E-state index contributed by atoms with van der Waals surface area (Å²) in [6, 6.07) is 22.8. The molecule has 3 nitrogen and oxygen atoms in total. The zero-order valence-electron chi connectivity index (χ0n) is 17.8. The SMILES string of the molecule is CCc1ccc2nc(N(Cc3ccccc3)C(=O)c3ccc4c(c3)CCCC4)sc2c1. The molecule has 0 aliphatic heterocycles. The molecule has 1 aromatic heterocycles. The number of amides is 1. The lowest BCUT2D eigenvalue weighted by atomic mass is 9.90. The van der Waals surface area contributed by atoms with Crippen LogP contribution >= 0.6 is 11.3 Å². The predicted octanol–water partition coefficient (Wildman–Crippen LogP) is 6.58. The number of nitrogens with zero attached hydrogens (tertiary/aromatic N) is 2. The molecule has 0 saturated carbocycles. The van der Waals surface area contributed by atoms with Gasteiger partial charge in [-0.15, -0.1) is 0 Å². The van der Waals surface area contributed by atoms with Crippen LogP contribution in [0.25, 0.3) is 10.2 Å². The topological polar surface area (TPSA) is 33.2 Å². The summed E-state index contributed by atoms with van der Waals surface area (Å²) >= 11 is 1.60. The van der Waals surface area contributed by atoms with Gasteiger partial charge in [-0.2, -0.15) is 0 Å². The van der Waals surface area contributed by atoms with Gasteiger partial charge in [-0.1, -0.05) is 60.7 Å². The second kappa shape index (κ2) is 8.64. The molecule has 1 aliphatic carbocycles. The van der Waals surface area contributed by atoms with Crippen molar-refractivity contribution >= 4 is 32.6 Å². The first-order valence-electron chi connectivity index (χ1n) is 11.1. The van der Waals surface area contributed by atoms with Gasteiger partial charge >= 0.3 is 0 Å². The van der Waals surface area contributed by atoms with Crippen molar-refractivity contribution in [3.05, 3.63) is 94.5 Å². The van der Waals surface area contributed by atoms with E-state index >= 15 is 0 Å². The normalized spacial score (nSPS) is 13.2. The van der Waals surface area contributed by atoms with E-state index in [1.54, 1.807) is 11.3 Å². The lowest BCUT2D eigenvalue weighted by Gasteiger charge is -2.22. The Morgan fingerprint density at radius 3 is 2.55 bits per heavy atom. The summed E-state index contributed by atoms with van der Waals surface area (Å²) in [4.78, 5) is 20.4. The van der Waals surface area contributed by atoms with Crippen LogP contribution in [0.4, 0.5) is 5.13 Å². The van der Waals surface area contributed by atoms with Crippen molar-refractivity contribution in [1.29, 1.82) is 0 Å². The molecule has 4 heteroatoms. The van der Waals surface area contributed by atoms with Gasteiger partial charge in [-0.25, -0.2) is 4.98 Å². The summed E-state index contributed by atoms with van der Waals surface area (Å²) in [5, 5.41) is 0.759. The van der Waals surface area contributed by atoms with Crippen LogP contribution in [0.5, 0.6) is 0 Å². The van der Waals surface area contributed by atoms with Crippen LogP contribution in [0.3, 0.4) is 0 Å². The number of carbonyl (C=O) groups excluding carboxylic acids is 1. The molecule has 0 spiro atoms. The van der Waals surface area contributed by atoms with E-state index in [4.69, 9.17) is 4.98 Å². The van der Waals surface area contributed by atoms with Gasteiger partial charge in [0, 0.05) is 5.56 Å². The summed E-state index contributed by atoms with van der Waals surface area (Å²) in [5.74, 6) is 0.0204. The monoisotopic (exact) mass is 426 g/mol. The summed E-state index contributed by atoms with van der Waals surface area (Å²) in [6.07, 6.45) is 5.62. The Hall–Kier alpha value is -2.98. The molecule has 31 heavy (non-hydrogen) atoms. The summed E-state index contributed by atoms with van der Waals surface area (Å²) in [5.41, 5.74) is 6.82. The molecular formula is C27H26N2OS. The lowest BCUT2D eigenvalue weighted by molar-refractivity contribution is 0.0985. The minimum absolute atomic E-state index is 0.0204. The Labute approximate surface area is 187 Å². The van der Waals surface area contributed by atoms with Crippen LogP contribution in [0.15, 0.2) is 66.7 Å². The average molecular weight is 427 g/mol. The maximum absolute atomic E-state index is 13.7. The standard InChI is InChI=1S/C27H26N2OS/c1-2-19-12-15-24-25(16-19)31-27(28-24)29(18-20-8-4-3-5-9-20)26(30)23-14-13-21-10-6-7-11-22(21)17-23/h3-5,8-9,12-17H,2,6-7,10-11,18H2,1H3. The van der Waals surface area contributed by atoms with E-state index < -0.39 is 0 Å². The highest BCUT2D eigenvalue weighted by atomic mass is 32.1. The summed E-state index contributed by atoms with van der Waals surface area (Å²) in [6.45, 7) is 2.67. The highest BCUT2D eigenvalue weighted by molar-refractivity contribution is 7.22. The van der Waals surface area contributed by atoms with Crippen LogP contribution in [-0.4, -0.2) is 10.9 Å². The van der Waals surface area contributed by atoms with E-state index in [0.717, 1.165) is 45.7 Å². The van der Waals surface area contributed by atoms with Crippen LogP contribution in [-0.2, 0) is 25.8 Å². The van der Waals surface area contributed by atoms with Crippen molar-refractivity contribution in [2.45, 2.75) is 45.6 Å². The number of thiazole rings is 1. The van der Waals surface area contributed by atoms with Crippen molar-refractivity contribution in [2.75, 3.05) is 4.90 Å². The number of fused-ring (bicyclic) bond motifs is 2.